The Labute approximate surface area is 184 Å². The van der Waals surface area contributed by atoms with Gasteiger partial charge in [-0.3, -0.25) is 14.9 Å². The largest absolute Gasteiger partial charge is 0.493 e. The topological polar surface area (TPSA) is 117 Å². The number of hydrogen-bond donors (Lipinski definition) is 0. The number of aryl methyl sites for hydroxylation is 1. The van der Waals surface area contributed by atoms with E-state index >= 15 is 0 Å². The molecule has 0 aliphatic carbocycles. The minimum absolute atomic E-state index is 0.0197. The molecule has 3 rings (SSSR count). The minimum atomic E-state index is -0.689. The fourth-order valence-electron chi connectivity index (χ4n) is 2.70. The molecule has 0 spiro atoms. The molecule has 0 saturated heterocycles. The molecule has 0 atom stereocenters. The van der Waals surface area contributed by atoms with Gasteiger partial charge in [-0.2, -0.15) is 0 Å². The highest BCUT2D eigenvalue weighted by Crippen LogP contribution is 2.35. The molecule has 0 N–H and O–H groups in total. The molecule has 154 valence electrons. The van der Waals surface area contributed by atoms with Crippen molar-refractivity contribution >= 4 is 52.2 Å². The first-order chi connectivity index (χ1) is 14.2. The molecule has 30 heavy (non-hydrogen) atoms. The van der Waals surface area contributed by atoms with Gasteiger partial charge in [-0.1, -0.05) is 6.07 Å². The van der Waals surface area contributed by atoms with Gasteiger partial charge in [-0.15, -0.1) is 0 Å². The number of ether oxygens (including phenoxy) is 3. The average Bonchev–Trinajstić information content (AvgIpc) is 3.04. The molecule has 0 bridgehead atoms. The predicted octanol–water partition coefficient (Wildman–Crippen LogP) is 3.79. The van der Waals surface area contributed by atoms with E-state index in [1.807, 2.05) is 22.6 Å². The first-order valence-electron chi connectivity index (χ1n) is 8.53. The summed E-state index contributed by atoms with van der Waals surface area (Å²) in [6.45, 7) is 2.90. The van der Waals surface area contributed by atoms with Gasteiger partial charge in [0, 0.05) is 24.1 Å². The van der Waals surface area contributed by atoms with Crippen molar-refractivity contribution in [3.63, 3.8) is 0 Å². The third-order valence-electron chi connectivity index (χ3n) is 4.07. The van der Waals surface area contributed by atoms with Gasteiger partial charge in [-0.25, -0.2) is 9.79 Å². The fraction of sp³-hybridized carbons (Fsp3) is 0.150. The molecule has 1 aliphatic rings. The van der Waals surface area contributed by atoms with Crippen molar-refractivity contribution in [2.75, 3.05) is 7.11 Å². The van der Waals surface area contributed by atoms with E-state index in [1.165, 1.54) is 26.2 Å². The van der Waals surface area contributed by atoms with E-state index in [0.29, 0.717) is 26.0 Å². The van der Waals surface area contributed by atoms with Crippen LogP contribution in [-0.4, -0.2) is 29.9 Å². The molecule has 1 heterocycles. The number of carbonyl (C=O) groups is 2. The van der Waals surface area contributed by atoms with Crippen LogP contribution in [0.15, 0.2) is 41.0 Å². The number of cyclic esters (lactones) is 1. The number of esters is 2. The van der Waals surface area contributed by atoms with Crippen LogP contribution >= 0.6 is 22.6 Å². The second kappa shape index (κ2) is 8.61. The number of aliphatic imine (C=N–C) groups is 1. The van der Waals surface area contributed by atoms with Crippen molar-refractivity contribution in [3.8, 4) is 11.5 Å². The lowest BCUT2D eigenvalue weighted by atomic mass is 10.1. The highest BCUT2D eigenvalue weighted by atomic mass is 127. The van der Waals surface area contributed by atoms with Gasteiger partial charge in [0.1, 0.15) is 0 Å². The lowest BCUT2D eigenvalue weighted by Gasteiger charge is -2.11. The van der Waals surface area contributed by atoms with Crippen LogP contribution in [-0.2, 0) is 14.3 Å². The summed E-state index contributed by atoms with van der Waals surface area (Å²) in [7, 11) is 1.43. The van der Waals surface area contributed by atoms with Crippen LogP contribution in [0.1, 0.15) is 23.6 Å². The SMILES string of the molecule is COc1cc(C=C2N=C(c3ccc(C)c([N+](=O)[O-])c3)OC2=O)cc(I)c1OC(C)=O. The Balaban J connectivity index is 1.99. The maximum atomic E-state index is 12.3. The van der Waals surface area contributed by atoms with Crippen molar-refractivity contribution in [1.82, 2.24) is 0 Å². The Kier molecular flexibility index (Phi) is 6.15. The molecule has 0 radical (unpaired) electrons. The molecule has 0 unspecified atom stereocenters. The summed E-state index contributed by atoms with van der Waals surface area (Å²) in [5.41, 5.74) is 1.30. The summed E-state index contributed by atoms with van der Waals surface area (Å²) < 4.78 is 16.2. The van der Waals surface area contributed by atoms with E-state index in [2.05, 4.69) is 4.99 Å². The summed E-state index contributed by atoms with van der Waals surface area (Å²) in [6.07, 6.45) is 1.49. The highest BCUT2D eigenvalue weighted by molar-refractivity contribution is 14.1. The number of carbonyl (C=O) groups excluding carboxylic acids is 2. The van der Waals surface area contributed by atoms with Gasteiger partial charge in [0.05, 0.1) is 15.6 Å². The van der Waals surface area contributed by atoms with Gasteiger partial charge in [0.15, 0.2) is 17.2 Å². The standard InChI is InChI=1S/C20H15IN2O7/c1-10-4-5-13(9-16(10)23(26)27)19-22-15(20(25)30-19)7-12-6-14(21)18(29-11(2)24)17(8-12)28-3/h4-9H,1-3H3. The van der Waals surface area contributed by atoms with E-state index < -0.39 is 16.9 Å². The summed E-state index contributed by atoms with van der Waals surface area (Å²) in [4.78, 5) is 38.4. The molecule has 0 saturated carbocycles. The van der Waals surface area contributed by atoms with E-state index in [-0.39, 0.29) is 23.0 Å². The van der Waals surface area contributed by atoms with Crippen molar-refractivity contribution in [1.29, 1.82) is 0 Å². The quantitative estimate of drug-likeness (QED) is 0.147. The zero-order chi connectivity index (χ0) is 22.0. The second-order valence-electron chi connectivity index (χ2n) is 6.22. The van der Waals surface area contributed by atoms with E-state index in [1.54, 1.807) is 31.2 Å². The number of halogens is 1. The van der Waals surface area contributed by atoms with E-state index in [9.17, 15) is 19.7 Å². The predicted molar refractivity (Wildman–Crippen MR) is 115 cm³/mol. The first kappa shape index (κ1) is 21.4. The molecule has 0 amide bonds. The third-order valence-corrected chi connectivity index (χ3v) is 4.88. The van der Waals surface area contributed by atoms with Crippen LogP contribution in [0.5, 0.6) is 11.5 Å². The Morgan fingerprint density at radius 1 is 1.30 bits per heavy atom. The second-order valence-corrected chi connectivity index (χ2v) is 7.38. The Morgan fingerprint density at radius 2 is 2.03 bits per heavy atom. The average molecular weight is 522 g/mol. The maximum Gasteiger partial charge on any atom is 0.363 e. The van der Waals surface area contributed by atoms with Crippen LogP contribution in [0.4, 0.5) is 5.69 Å². The maximum absolute atomic E-state index is 12.3. The molecule has 2 aromatic carbocycles. The van der Waals surface area contributed by atoms with Crippen molar-refractivity contribution in [2.24, 2.45) is 4.99 Å². The van der Waals surface area contributed by atoms with E-state index in [4.69, 9.17) is 14.2 Å². The number of nitrogens with zero attached hydrogens (tertiary/aromatic N) is 2. The highest BCUT2D eigenvalue weighted by Gasteiger charge is 2.26. The third kappa shape index (κ3) is 4.48. The molecule has 1 aliphatic heterocycles. The number of nitro benzene ring substituents is 1. The summed E-state index contributed by atoms with van der Waals surface area (Å²) >= 11 is 1.98. The monoisotopic (exact) mass is 522 g/mol. The molecule has 0 aromatic heterocycles. The van der Waals surface area contributed by atoms with Gasteiger partial charge in [0.25, 0.3) is 5.69 Å². The molecular formula is C20H15IN2O7. The van der Waals surface area contributed by atoms with Gasteiger partial charge in [-0.05, 0) is 59.4 Å². The Hall–Kier alpha value is -3.28. The van der Waals surface area contributed by atoms with Crippen LogP contribution in [0, 0.1) is 20.6 Å². The zero-order valence-corrected chi connectivity index (χ0v) is 18.3. The van der Waals surface area contributed by atoms with Crippen LogP contribution in [0.25, 0.3) is 6.08 Å². The lowest BCUT2D eigenvalue weighted by Crippen LogP contribution is -2.06. The zero-order valence-electron chi connectivity index (χ0n) is 16.1. The molecular weight excluding hydrogens is 507 g/mol. The minimum Gasteiger partial charge on any atom is -0.493 e. The van der Waals surface area contributed by atoms with Crippen molar-refractivity contribution in [3.05, 3.63) is 66.4 Å². The van der Waals surface area contributed by atoms with Crippen LogP contribution < -0.4 is 9.47 Å². The lowest BCUT2D eigenvalue weighted by molar-refractivity contribution is -0.385. The number of hydrogen-bond acceptors (Lipinski definition) is 8. The first-order valence-corrected chi connectivity index (χ1v) is 9.61. The number of benzene rings is 2. The van der Waals surface area contributed by atoms with Gasteiger partial charge < -0.3 is 14.2 Å². The van der Waals surface area contributed by atoms with Crippen molar-refractivity contribution in [2.45, 2.75) is 13.8 Å². The molecule has 2 aromatic rings. The van der Waals surface area contributed by atoms with Crippen molar-refractivity contribution < 1.29 is 28.7 Å². The number of nitro groups is 1. The molecule has 9 nitrogen and oxygen atoms in total. The van der Waals surface area contributed by atoms with Crippen LogP contribution in [0.2, 0.25) is 0 Å². The van der Waals surface area contributed by atoms with Crippen LogP contribution in [0.3, 0.4) is 0 Å². The smallest absolute Gasteiger partial charge is 0.363 e. The number of rotatable bonds is 5. The summed E-state index contributed by atoms with van der Waals surface area (Å²) in [5, 5.41) is 11.1. The normalized spacial score (nSPS) is 14.3. The van der Waals surface area contributed by atoms with Gasteiger partial charge in [0.2, 0.25) is 5.90 Å². The molecule has 0 fully saturated rings. The van der Waals surface area contributed by atoms with E-state index in [0.717, 1.165) is 0 Å². The summed E-state index contributed by atoms with van der Waals surface area (Å²) in [6, 6.07) is 7.74. The fourth-order valence-corrected chi connectivity index (χ4v) is 3.43. The Bertz CT molecular complexity index is 1140. The molecule has 10 heteroatoms. The number of methoxy groups -OCH3 is 1. The Morgan fingerprint density at radius 3 is 2.67 bits per heavy atom. The summed E-state index contributed by atoms with van der Waals surface area (Å²) in [5.74, 6) is -0.608. The van der Waals surface area contributed by atoms with Gasteiger partial charge >= 0.3 is 11.9 Å².